The summed E-state index contributed by atoms with van der Waals surface area (Å²) in [4.78, 5) is 25.0. The van der Waals surface area contributed by atoms with E-state index in [2.05, 4.69) is 32.2 Å². The minimum absolute atomic E-state index is 0.0471. The van der Waals surface area contributed by atoms with Crippen molar-refractivity contribution >= 4 is 37.2 Å². The Morgan fingerprint density at radius 3 is 1.56 bits per heavy atom. The van der Waals surface area contributed by atoms with Crippen molar-refractivity contribution < 1.29 is 19.1 Å². The van der Waals surface area contributed by atoms with Gasteiger partial charge in [0, 0.05) is 29.8 Å². The molecule has 0 radical (unpaired) electrons. The number of benzene rings is 2. The molecule has 0 aliphatic heterocycles. The summed E-state index contributed by atoms with van der Waals surface area (Å²) in [6, 6.07) is 19.7. The second-order valence-electron chi connectivity index (χ2n) is 8.54. The first-order valence-corrected chi connectivity index (χ1v) is 13.4. The van der Waals surface area contributed by atoms with Gasteiger partial charge in [-0.1, -0.05) is 93.3 Å². The molecule has 2 atom stereocenters. The zero-order valence-corrected chi connectivity index (χ0v) is 21.9. The monoisotopic (exact) mass is 502 g/mol. The Hall–Kier alpha value is -1.92. The molecule has 0 saturated heterocycles. The van der Waals surface area contributed by atoms with E-state index in [1.54, 1.807) is 0 Å². The lowest BCUT2D eigenvalue weighted by molar-refractivity contribution is -0.189. The Balaban J connectivity index is 1.82. The Morgan fingerprint density at radius 1 is 0.676 bits per heavy atom. The summed E-state index contributed by atoms with van der Waals surface area (Å²) in [5.74, 6) is -0.726. The van der Waals surface area contributed by atoms with Crippen LogP contribution in [-0.4, -0.2) is 18.2 Å². The van der Waals surface area contributed by atoms with Crippen LogP contribution in [0.1, 0.15) is 92.8 Å². The maximum atomic E-state index is 12.5. The summed E-state index contributed by atoms with van der Waals surface area (Å²) in [6.45, 7) is 2.17. The maximum Gasteiger partial charge on any atom is 0.308 e. The zero-order chi connectivity index (χ0) is 24.6. The minimum Gasteiger partial charge on any atom is -0.425 e. The molecule has 0 N–H and O–H groups in total. The van der Waals surface area contributed by atoms with Gasteiger partial charge in [0.15, 0.2) is 0 Å². The van der Waals surface area contributed by atoms with Crippen LogP contribution in [0.25, 0.3) is 0 Å². The predicted molar refractivity (Wildman–Crippen MR) is 144 cm³/mol. The summed E-state index contributed by atoms with van der Waals surface area (Å²) >= 11 is 9.21. The molecule has 0 aliphatic carbocycles. The number of thiol groups is 2. The van der Waals surface area contributed by atoms with Crippen LogP contribution in [0.3, 0.4) is 0 Å². The average molecular weight is 503 g/mol. The van der Waals surface area contributed by atoms with Crippen molar-refractivity contribution in [1.29, 1.82) is 0 Å². The largest absolute Gasteiger partial charge is 0.425 e. The molecular weight excluding hydrogens is 464 g/mol. The minimum atomic E-state index is -0.841. The normalized spacial score (nSPS) is 13.6. The van der Waals surface area contributed by atoms with Gasteiger partial charge in [-0.05, 0) is 30.4 Å². The lowest BCUT2D eigenvalue weighted by Gasteiger charge is -2.19. The number of rotatable bonds is 16. The Morgan fingerprint density at radius 2 is 1.12 bits per heavy atom. The van der Waals surface area contributed by atoms with Gasteiger partial charge in [-0.25, -0.2) is 0 Å². The van der Waals surface area contributed by atoms with Gasteiger partial charge in [0.05, 0.1) is 0 Å². The molecule has 0 spiro atoms. The molecule has 34 heavy (non-hydrogen) atoms. The van der Waals surface area contributed by atoms with Crippen molar-refractivity contribution in [3.63, 3.8) is 0 Å². The fourth-order valence-corrected chi connectivity index (χ4v) is 4.26. The SMILES string of the molecule is CCCCCCCC(OC(=O)CCC(S)c1ccccc1)OC(=O)CCC(S)c1ccccc1. The van der Waals surface area contributed by atoms with Crippen molar-refractivity contribution in [2.45, 2.75) is 87.9 Å². The summed E-state index contributed by atoms with van der Waals surface area (Å²) in [5.41, 5.74) is 2.13. The maximum absolute atomic E-state index is 12.5. The van der Waals surface area contributed by atoms with Crippen LogP contribution >= 0.6 is 25.3 Å². The van der Waals surface area contributed by atoms with Crippen LogP contribution in [0.5, 0.6) is 0 Å². The van der Waals surface area contributed by atoms with Crippen LogP contribution in [0.15, 0.2) is 60.7 Å². The Bertz CT molecular complexity index is 765. The molecule has 2 unspecified atom stereocenters. The summed E-state index contributed by atoms with van der Waals surface area (Å²) in [6.07, 6.45) is 6.58. The van der Waals surface area contributed by atoms with Gasteiger partial charge in [-0.2, -0.15) is 25.3 Å². The Labute approximate surface area is 215 Å². The topological polar surface area (TPSA) is 52.6 Å². The predicted octanol–water partition coefficient (Wildman–Crippen LogP) is 7.66. The highest BCUT2D eigenvalue weighted by molar-refractivity contribution is 7.80. The second-order valence-corrected chi connectivity index (χ2v) is 9.79. The molecule has 0 aromatic heterocycles. The molecule has 0 saturated carbocycles. The lowest BCUT2D eigenvalue weighted by atomic mass is 10.1. The molecule has 4 nitrogen and oxygen atoms in total. The van der Waals surface area contributed by atoms with Gasteiger partial charge in [0.25, 0.3) is 0 Å². The van der Waals surface area contributed by atoms with Crippen LogP contribution in [0.2, 0.25) is 0 Å². The number of hydrogen-bond donors (Lipinski definition) is 2. The Kier molecular flexibility index (Phi) is 13.9. The van der Waals surface area contributed by atoms with Gasteiger partial charge in [-0.3, -0.25) is 9.59 Å². The van der Waals surface area contributed by atoms with Crippen LogP contribution < -0.4 is 0 Å². The van der Waals surface area contributed by atoms with Crippen molar-refractivity contribution in [2.75, 3.05) is 0 Å². The van der Waals surface area contributed by atoms with Crippen LogP contribution in [-0.2, 0) is 19.1 Å². The number of ether oxygens (including phenoxy) is 2. The van der Waals surface area contributed by atoms with Crippen LogP contribution in [0.4, 0.5) is 0 Å². The molecule has 2 aromatic carbocycles. The lowest BCUT2D eigenvalue weighted by Crippen LogP contribution is -2.25. The van der Waals surface area contributed by atoms with E-state index in [0.717, 1.165) is 36.8 Å². The smallest absolute Gasteiger partial charge is 0.308 e. The van der Waals surface area contributed by atoms with Crippen molar-refractivity contribution in [3.05, 3.63) is 71.8 Å². The molecule has 0 amide bonds. The van der Waals surface area contributed by atoms with Crippen LogP contribution in [0, 0.1) is 0 Å². The first-order valence-electron chi connectivity index (χ1n) is 12.3. The van der Waals surface area contributed by atoms with Crippen molar-refractivity contribution in [2.24, 2.45) is 0 Å². The second kappa shape index (κ2) is 16.7. The molecule has 0 fully saturated rings. The van der Waals surface area contributed by atoms with Gasteiger partial charge in [-0.15, -0.1) is 0 Å². The van der Waals surface area contributed by atoms with E-state index in [0.29, 0.717) is 19.3 Å². The van der Waals surface area contributed by atoms with E-state index in [9.17, 15) is 9.59 Å². The van der Waals surface area contributed by atoms with Gasteiger partial charge >= 0.3 is 11.9 Å². The fourth-order valence-electron chi connectivity index (χ4n) is 3.66. The number of carbonyl (C=O) groups excluding carboxylic acids is 2. The highest BCUT2D eigenvalue weighted by Gasteiger charge is 2.20. The van der Waals surface area contributed by atoms with Crippen molar-refractivity contribution in [3.8, 4) is 0 Å². The van der Waals surface area contributed by atoms with E-state index in [1.165, 1.54) is 6.42 Å². The quantitative estimate of drug-likeness (QED) is 0.107. The van der Waals surface area contributed by atoms with E-state index in [1.807, 2.05) is 60.7 Å². The first kappa shape index (κ1) is 28.3. The summed E-state index contributed by atoms with van der Waals surface area (Å²) in [7, 11) is 0. The van der Waals surface area contributed by atoms with Gasteiger partial charge in [0.2, 0.25) is 6.29 Å². The van der Waals surface area contributed by atoms with Crippen molar-refractivity contribution in [1.82, 2.24) is 0 Å². The average Bonchev–Trinajstić information content (AvgIpc) is 2.86. The molecule has 2 rings (SSSR count). The number of hydrogen-bond acceptors (Lipinski definition) is 6. The van der Waals surface area contributed by atoms with Gasteiger partial charge in [0.1, 0.15) is 0 Å². The van der Waals surface area contributed by atoms with E-state index in [4.69, 9.17) is 9.47 Å². The summed E-state index contributed by atoms with van der Waals surface area (Å²) in [5, 5.41) is -0.0943. The molecular formula is C28H38O4S2. The number of carbonyl (C=O) groups is 2. The van der Waals surface area contributed by atoms with E-state index < -0.39 is 6.29 Å². The third-order valence-electron chi connectivity index (χ3n) is 5.68. The number of unbranched alkanes of at least 4 members (excludes halogenated alkanes) is 4. The first-order chi connectivity index (χ1) is 16.5. The van der Waals surface area contributed by atoms with E-state index in [-0.39, 0.29) is 35.3 Å². The standard InChI is InChI=1S/C28H38O4S2/c1-2-3-4-5-12-17-28(31-26(29)20-18-24(33)22-13-8-6-9-14-22)32-27(30)21-19-25(34)23-15-10-7-11-16-23/h6-11,13-16,24-25,28,33-34H,2-5,12,17-21H2,1H3. The molecule has 0 heterocycles. The fraction of sp³-hybridized carbons (Fsp3) is 0.500. The highest BCUT2D eigenvalue weighted by atomic mass is 32.1. The third-order valence-corrected chi connectivity index (χ3v) is 6.79. The molecule has 0 bridgehead atoms. The molecule has 0 aliphatic rings. The third kappa shape index (κ3) is 11.5. The van der Waals surface area contributed by atoms with E-state index >= 15 is 0 Å². The molecule has 2 aromatic rings. The molecule has 186 valence electrons. The van der Waals surface area contributed by atoms with Gasteiger partial charge < -0.3 is 9.47 Å². The summed E-state index contributed by atoms with van der Waals surface area (Å²) < 4.78 is 11.1. The number of esters is 2. The highest BCUT2D eigenvalue weighted by Crippen LogP contribution is 2.26. The molecule has 6 heteroatoms. The zero-order valence-electron chi connectivity index (χ0n) is 20.1.